The predicted octanol–water partition coefficient (Wildman–Crippen LogP) is -11.3. The van der Waals surface area contributed by atoms with Crippen molar-refractivity contribution in [1.82, 2.24) is 0 Å². The Hall–Kier alpha value is -0.221. The molecule has 0 aromatic rings. The van der Waals surface area contributed by atoms with Crippen LogP contribution in [-0.2, 0) is 45.8 Å². The Bertz CT molecular complexity index is 523. The maximum absolute atomic E-state index is 10.1. The van der Waals surface area contributed by atoms with Gasteiger partial charge < -0.3 is 69.6 Å². The number of hydrogen-bond acceptors (Lipinski definition) is 14. The Morgan fingerprint density at radius 1 is 0.517 bits per heavy atom. The van der Waals surface area contributed by atoms with Crippen molar-refractivity contribution in [3.8, 4) is 0 Å². The van der Waals surface area contributed by atoms with E-state index in [1.165, 1.54) is 0 Å². The van der Waals surface area contributed by atoms with E-state index in [-0.39, 0.29) is 92.5 Å². The third-order valence-electron chi connectivity index (χ3n) is 2.51. The first-order valence-corrected chi connectivity index (χ1v) is 6.23. The van der Waals surface area contributed by atoms with Crippen molar-refractivity contribution in [2.24, 2.45) is 0 Å². The van der Waals surface area contributed by atoms with E-state index in [0.29, 0.717) is 0 Å². The van der Waals surface area contributed by atoms with E-state index in [1.807, 2.05) is 0 Å². The van der Waals surface area contributed by atoms with Crippen molar-refractivity contribution in [3.63, 3.8) is 0 Å². The minimum atomic E-state index is -2.97. The topological polar surface area (TPSA) is 281 Å². The van der Waals surface area contributed by atoms with Crippen molar-refractivity contribution in [2.45, 2.75) is 36.9 Å². The molecule has 2 N–H and O–H groups in total. The summed E-state index contributed by atoms with van der Waals surface area (Å²) in [5.41, 5.74) is -5.95. The second-order valence-electron chi connectivity index (χ2n) is 4.83. The summed E-state index contributed by atoms with van der Waals surface area (Å²) in [6.45, 7) is 0. The molecule has 17 heteroatoms. The van der Waals surface area contributed by atoms with Crippen LogP contribution < -0.4 is 30.6 Å². The molecule has 0 aromatic carbocycles. The second-order valence-corrected chi connectivity index (χ2v) is 4.83. The zero-order valence-electron chi connectivity index (χ0n) is 14.4. The molecule has 0 unspecified atom stereocenters. The van der Waals surface area contributed by atoms with Crippen molar-refractivity contribution in [3.05, 3.63) is 0 Å². The maximum atomic E-state index is 10.1. The van der Waals surface area contributed by atoms with Gasteiger partial charge in [0.05, 0.1) is 11.9 Å². The molecule has 0 amide bonds. The third kappa shape index (κ3) is 18.3. The van der Waals surface area contributed by atoms with Gasteiger partial charge in [-0.05, 0) is 0 Å². The summed E-state index contributed by atoms with van der Waals surface area (Å²) in [5.74, 6) is -12.0. The summed E-state index contributed by atoms with van der Waals surface area (Å²) in [6, 6.07) is 0. The monoisotopic (exact) mass is 514 g/mol. The minimum absolute atomic E-state index is 0. The SMILES string of the molecule is O=C([O-])CC(O)(CC(=O)[O-])C(=O)[O-].O=C([O-])CC(O)(CC(=O)[O-])C(=O)[O-].[Ca+2].[Ca+2].[Fe+2]. The van der Waals surface area contributed by atoms with Crippen molar-refractivity contribution < 1.29 is 86.7 Å². The summed E-state index contributed by atoms with van der Waals surface area (Å²) in [7, 11) is 0. The van der Waals surface area contributed by atoms with Gasteiger partial charge in [0.2, 0.25) is 0 Å². The number of carbonyl (C=O) groups is 6. The van der Waals surface area contributed by atoms with Crippen LogP contribution in [0.2, 0.25) is 0 Å². The zero-order valence-corrected chi connectivity index (χ0v) is 19.9. The van der Waals surface area contributed by atoms with Crippen LogP contribution in [0.4, 0.5) is 0 Å². The van der Waals surface area contributed by atoms with Crippen LogP contribution in [0.15, 0.2) is 0 Å². The molecule has 0 aliphatic rings. The summed E-state index contributed by atoms with van der Waals surface area (Å²) in [6.07, 6.45) is -5.43. The second kappa shape index (κ2) is 17.5. The van der Waals surface area contributed by atoms with Crippen molar-refractivity contribution in [2.75, 3.05) is 0 Å². The summed E-state index contributed by atoms with van der Waals surface area (Å²) >= 11 is 0. The fourth-order valence-electron chi connectivity index (χ4n) is 1.37. The first-order chi connectivity index (χ1) is 11.6. The van der Waals surface area contributed by atoms with E-state index in [9.17, 15) is 59.4 Å². The largest absolute Gasteiger partial charge is 2.00 e. The normalized spacial score (nSPS) is 9.72. The quantitative estimate of drug-likeness (QED) is 0.256. The molecule has 0 fully saturated rings. The van der Waals surface area contributed by atoms with E-state index in [4.69, 9.17) is 10.2 Å². The summed E-state index contributed by atoms with van der Waals surface area (Å²) in [4.78, 5) is 60.0. The van der Waals surface area contributed by atoms with Gasteiger partial charge >= 0.3 is 92.5 Å². The number of hydrogen-bond donors (Lipinski definition) is 2. The van der Waals surface area contributed by atoms with E-state index in [2.05, 4.69) is 0 Å². The molecule has 0 spiro atoms. The smallest absolute Gasteiger partial charge is 0.550 e. The van der Waals surface area contributed by atoms with Gasteiger partial charge in [-0.15, -0.1) is 0 Å². The molecule has 154 valence electrons. The van der Waals surface area contributed by atoms with Gasteiger partial charge in [-0.3, -0.25) is 0 Å². The number of carboxylic acids is 6. The molecule has 0 rings (SSSR count). The standard InChI is InChI=1S/2C6H8O7.2Ca.Fe/c2*7-3(8)1-6(13,5(11)12)2-4(9)10;;;/h2*13H,1-2H2,(H,7,8)(H,9,10)(H,11,12);;;/q;;3*+2/p-6. The molecule has 0 bridgehead atoms. The van der Waals surface area contributed by atoms with Crippen LogP contribution >= 0.6 is 0 Å². The average Bonchev–Trinajstić information content (AvgIpc) is 2.34. The van der Waals surface area contributed by atoms with Gasteiger partial charge in [-0.25, -0.2) is 0 Å². The van der Waals surface area contributed by atoms with Crippen LogP contribution in [0.3, 0.4) is 0 Å². The van der Waals surface area contributed by atoms with Gasteiger partial charge in [0.25, 0.3) is 0 Å². The molecule has 0 radical (unpaired) electrons. The molecule has 29 heavy (non-hydrogen) atoms. The molecule has 0 saturated carbocycles. The fourth-order valence-corrected chi connectivity index (χ4v) is 1.37. The van der Waals surface area contributed by atoms with Gasteiger partial charge in [0, 0.05) is 49.6 Å². The van der Waals surface area contributed by atoms with Crippen LogP contribution in [0.5, 0.6) is 0 Å². The Morgan fingerprint density at radius 3 is 0.724 bits per heavy atom. The zero-order chi connectivity index (χ0) is 21.3. The third-order valence-corrected chi connectivity index (χ3v) is 2.51. The first kappa shape index (κ1) is 39.3. The number of carbonyl (C=O) groups excluding carboxylic acids is 6. The van der Waals surface area contributed by atoms with Crippen molar-refractivity contribution in [1.29, 1.82) is 0 Å². The average molecular weight is 514 g/mol. The van der Waals surface area contributed by atoms with E-state index < -0.39 is 72.7 Å². The van der Waals surface area contributed by atoms with Gasteiger partial charge in [-0.2, -0.15) is 0 Å². The van der Waals surface area contributed by atoms with Gasteiger partial charge in [-0.1, -0.05) is 0 Å². The Labute approximate surface area is 232 Å². The van der Waals surface area contributed by atoms with Crippen LogP contribution in [0.25, 0.3) is 0 Å². The van der Waals surface area contributed by atoms with E-state index in [0.717, 1.165) is 0 Å². The molecular formula is C12H10Ca2FeO14. The maximum Gasteiger partial charge on any atom is 2.00 e. The Morgan fingerprint density at radius 2 is 0.655 bits per heavy atom. The van der Waals surface area contributed by atoms with Gasteiger partial charge in [0.1, 0.15) is 11.2 Å². The van der Waals surface area contributed by atoms with Gasteiger partial charge in [0.15, 0.2) is 0 Å². The first-order valence-electron chi connectivity index (χ1n) is 6.23. The molecule has 0 saturated heterocycles. The fraction of sp³-hybridized carbons (Fsp3) is 0.500. The predicted molar refractivity (Wildman–Crippen MR) is 69.9 cm³/mol. The summed E-state index contributed by atoms with van der Waals surface area (Å²) in [5, 5.41) is 77.9. The Balaban J connectivity index is -0.000000120. The molecule has 14 nitrogen and oxygen atoms in total. The molecule has 0 aromatic heterocycles. The molecule has 0 atom stereocenters. The molecule has 0 heterocycles. The van der Waals surface area contributed by atoms with E-state index >= 15 is 0 Å². The number of carboxylic acid groups (broad SMARTS) is 6. The number of rotatable bonds is 10. The summed E-state index contributed by atoms with van der Waals surface area (Å²) < 4.78 is 0. The number of aliphatic hydroxyl groups is 2. The van der Waals surface area contributed by atoms with Crippen LogP contribution in [0, 0.1) is 0 Å². The molecule has 0 aliphatic heterocycles. The Kier molecular flexibility index (Phi) is 23.6. The van der Waals surface area contributed by atoms with E-state index in [1.54, 1.807) is 0 Å². The van der Waals surface area contributed by atoms with Crippen LogP contribution in [-0.4, -0.2) is 133 Å². The number of aliphatic carboxylic acids is 6. The molecule has 0 aliphatic carbocycles. The molecular weight excluding hydrogens is 504 g/mol. The van der Waals surface area contributed by atoms with Crippen molar-refractivity contribution >= 4 is 111 Å². The van der Waals surface area contributed by atoms with Crippen LogP contribution in [0.1, 0.15) is 25.7 Å². The minimum Gasteiger partial charge on any atom is -0.550 e.